The highest BCUT2D eigenvalue weighted by atomic mass is 35.5. The summed E-state index contributed by atoms with van der Waals surface area (Å²) in [5, 5.41) is 3.22. The number of rotatable bonds is 8. The van der Waals surface area contributed by atoms with Crippen molar-refractivity contribution in [2.75, 3.05) is 33.4 Å². The van der Waals surface area contributed by atoms with Gasteiger partial charge in [-0.25, -0.2) is 8.42 Å². The van der Waals surface area contributed by atoms with Gasteiger partial charge in [-0.05, 0) is 48.2 Å². The Morgan fingerprint density at radius 1 is 1.16 bits per heavy atom. The van der Waals surface area contributed by atoms with Crippen LogP contribution in [0.5, 0.6) is 5.75 Å². The van der Waals surface area contributed by atoms with E-state index in [4.69, 9.17) is 21.1 Å². The quantitative estimate of drug-likeness (QED) is 0.619. The van der Waals surface area contributed by atoms with E-state index in [1.807, 2.05) is 24.3 Å². The number of nitrogens with one attached hydrogen (secondary N) is 1. The van der Waals surface area contributed by atoms with Gasteiger partial charge in [0.1, 0.15) is 5.75 Å². The Kier molecular flexibility index (Phi) is 8.16. The Labute approximate surface area is 194 Å². The molecule has 174 valence electrons. The predicted octanol–water partition coefficient (Wildman–Crippen LogP) is 3.89. The van der Waals surface area contributed by atoms with E-state index in [9.17, 15) is 13.2 Å². The number of halogens is 1. The summed E-state index contributed by atoms with van der Waals surface area (Å²) in [4.78, 5) is 13.2. The minimum Gasteiger partial charge on any atom is -0.497 e. The second-order valence-electron chi connectivity index (χ2n) is 8.09. The van der Waals surface area contributed by atoms with Crippen LogP contribution in [0.15, 0.2) is 47.4 Å². The van der Waals surface area contributed by atoms with Crippen molar-refractivity contribution in [1.82, 2.24) is 9.62 Å². The highest BCUT2D eigenvalue weighted by Gasteiger charge is 2.28. The lowest BCUT2D eigenvalue weighted by Gasteiger charge is -2.26. The Balaban J connectivity index is 1.86. The molecule has 1 atom stereocenters. The van der Waals surface area contributed by atoms with Gasteiger partial charge in [-0.3, -0.25) is 4.79 Å². The maximum Gasteiger partial charge on any atom is 0.253 e. The summed E-state index contributed by atoms with van der Waals surface area (Å²) in [6.07, 6.45) is 0.710. The van der Waals surface area contributed by atoms with Gasteiger partial charge in [0.25, 0.3) is 5.91 Å². The second-order valence-corrected chi connectivity index (χ2v) is 10.4. The molecule has 9 heteroatoms. The van der Waals surface area contributed by atoms with Gasteiger partial charge in [-0.1, -0.05) is 37.6 Å². The van der Waals surface area contributed by atoms with Crippen LogP contribution in [0.4, 0.5) is 0 Å². The molecule has 1 heterocycles. The summed E-state index contributed by atoms with van der Waals surface area (Å²) < 4.78 is 37.8. The van der Waals surface area contributed by atoms with Crippen molar-refractivity contribution in [2.45, 2.75) is 31.2 Å². The van der Waals surface area contributed by atoms with Crippen molar-refractivity contribution in [3.05, 3.63) is 58.6 Å². The van der Waals surface area contributed by atoms with E-state index in [0.29, 0.717) is 25.6 Å². The molecule has 2 aromatic rings. The zero-order valence-corrected chi connectivity index (χ0v) is 20.1. The van der Waals surface area contributed by atoms with E-state index in [1.54, 1.807) is 7.11 Å². The van der Waals surface area contributed by atoms with Gasteiger partial charge in [-0.2, -0.15) is 4.31 Å². The standard InChI is InChI=1S/C23H29ClN2O5S/c1-16(2)14-22(17-4-6-18(30-3)7-5-17)25-23(27)20-15-19(8-9-21(20)24)32(28,29)26-10-12-31-13-11-26/h4-9,15-16,22H,10-14H2,1-3H3,(H,25,27)/t22-/m0/s1. The molecule has 0 saturated carbocycles. The lowest BCUT2D eigenvalue weighted by molar-refractivity contribution is 0.0730. The fraction of sp³-hybridized carbons (Fsp3) is 0.435. The number of hydrogen-bond donors (Lipinski definition) is 1. The van der Waals surface area contributed by atoms with Crippen LogP contribution in [0.25, 0.3) is 0 Å². The molecule has 1 amide bonds. The largest absolute Gasteiger partial charge is 0.497 e. The molecule has 0 spiro atoms. The highest BCUT2D eigenvalue weighted by Crippen LogP contribution is 2.27. The zero-order valence-electron chi connectivity index (χ0n) is 18.5. The van der Waals surface area contributed by atoms with E-state index in [0.717, 1.165) is 11.3 Å². The third-order valence-electron chi connectivity index (χ3n) is 5.32. The number of nitrogens with zero attached hydrogens (tertiary/aromatic N) is 1. The van der Waals surface area contributed by atoms with Gasteiger partial charge >= 0.3 is 0 Å². The van der Waals surface area contributed by atoms with Gasteiger partial charge in [0.15, 0.2) is 0 Å². The average Bonchev–Trinajstić information content (AvgIpc) is 2.79. The third-order valence-corrected chi connectivity index (χ3v) is 7.55. The van der Waals surface area contributed by atoms with Crippen molar-refractivity contribution < 1.29 is 22.7 Å². The van der Waals surface area contributed by atoms with Crippen LogP contribution in [0.2, 0.25) is 5.02 Å². The number of carbonyl (C=O) groups is 1. The first-order valence-corrected chi connectivity index (χ1v) is 12.4. The molecule has 0 aliphatic carbocycles. The van der Waals surface area contributed by atoms with Crippen LogP contribution >= 0.6 is 11.6 Å². The molecule has 0 radical (unpaired) electrons. The molecule has 0 bridgehead atoms. The van der Waals surface area contributed by atoms with Crippen LogP contribution < -0.4 is 10.1 Å². The van der Waals surface area contributed by atoms with Crippen molar-refractivity contribution >= 4 is 27.5 Å². The number of ether oxygens (including phenoxy) is 2. The van der Waals surface area contributed by atoms with Crippen LogP contribution in [0, 0.1) is 5.92 Å². The van der Waals surface area contributed by atoms with Gasteiger partial charge < -0.3 is 14.8 Å². The Hall–Kier alpha value is -2.13. The lowest BCUT2D eigenvalue weighted by atomic mass is 9.96. The van der Waals surface area contributed by atoms with Crippen LogP contribution in [-0.4, -0.2) is 52.0 Å². The predicted molar refractivity (Wildman–Crippen MR) is 124 cm³/mol. The number of benzene rings is 2. The average molecular weight is 481 g/mol. The van der Waals surface area contributed by atoms with Gasteiger partial charge in [0.05, 0.1) is 41.8 Å². The highest BCUT2D eigenvalue weighted by molar-refractivity contribution is 7.89. The summed E-state index contributed by atoms with van der Waals surface area (Å²) in [6, 6.07) is 11.5. The minimum atomic E-state index is -3.74. The van der Waals surface area contributed by atoms with Crippen LogP contribution in [-0.2, 0) is 14.8 Å². The maximum absolute atomic E-state index is 13.2. The molecule has 3 rings (SSSR count). The first kappa shape index (κ1) is 24.5. The first-order chi connectivity index (χ1) is 15.2. The number of methoxy groups -OCH3 is 1. The molecule has 1 saturated heterocycles. The molecule has 1 fully saturated rings. The molecule has 32 heavy (non-hydrogen) atoms. The Bertz CT molecular complexity index is 1030. The number of morpholine rings is 1. The van der Waals surface area contributed by atoms with E-state index >= 15 is 0 Å². The molecular formula is C23H29ClN2O5S. The topological polar surface area (TPSA) is 84.9 Å². The Morgan fingerprint density at radius 3 is 2.41 bits per heavy atom. The normalized spacial score (nSPS) is 16.0. The second kappa shape index (κ2) is 10.7. The maximum atomic E-state index is 13.2. The van der Waals surface area contributed by atoms with E-state index in [-0.39, 0.29) is 34.6 Å². The van der Waals surface area contributed by atoms with Gasteiger partial charge in [-0.15, -0.1) is 0 Å². The number of hydrogen-bond acceptors (Lipinski definition) is 5. The zero-order chi connectivity index (χ0) is 23.3. The minimum absolute atomic E-state index is 0.0406. The lowest BCUT2D eigenvalue weighted by Crippen LogP contribution is -2.40. The smallest absolute Gasteiger partial charge is 0.253 e. The van der Waals surface area contributed by atoms with Gasteiger partial charge in [0, 0.05) is 13.1 Å². The monoisotopic (exact) mass is 480 g/mol. The number of amides is 1. The summed E-state index contributed by atoms with van der Waals surface area (Å²) in [5.74, 6) is 0.633. The number of sulfonamides is 1. The summed E-state index contributed by atoms with van der Waals surface area (Å²) in [6.45, 7) is 5.40. The number of carbonyl (C=O) groups excluding carboxylic acids is 1. The van der Waals surface area contributed by atoms with Crippen molar-refractivity contribution in [3.8, 4) is 5.75 Å². The summed E-state index contributed by atoms with van der Waals surface area (Å²) in [5.41, 5.74) is 1.06. The van der Waals surface area contributed by atoms with Crippen molar-refractivity contribution in [2.24, 2.45) is 5.92 Å². The van der Waals surface area contributed by atoms with Crippen LogP contribution in [0.1, 0.15) is 42.2 Å². The molecule has 0 aromatic heterocycles. The molecule has 1 aliphatic rings. The first-order valence-electron chi connectivity index (χ1n) is 10.5. The third kappa shape index (κ3) is 5.81. The summed E-state index contributed by atoms with van der Waals surface area (Å²) in [7, 11) is -2.14. The van der Waals surface area contributed by atoms with Gasteiger partial charge in [0.2, 0.25) is 10.0 Å². The molecule has 0 unspecified atom stereocenters. The van der Waals surface area contributed by atoms with Crippen LogP contribution in [0.3, 0.4) is 0 Å². The van der Waals surface area contributed by atoms with E-state index < -0.39 is 15.9 Å². The molecule has 1 aliphatic heterocycles. The fourth-order valence-electron chi connectivity index (χ4n) is 3.60. The summed E-state index contributed by atoms with van der Waals surface area (Å²) >= 11 is 6.30. The van der Waals surface area contributed by atoms with Crippen molar-refractivity contribution in [1.29, 1.82) is 0 Å². The molecular weight excluding hydrogens is 452 g/mol. The van der Waals surface area contributed by atoms with E-state index in [2.05, 4.69) is 19.2 Å². The Morgan fingerprint density at radius 2 is 1.81 bits per heavy atom. The molecule has 1 N–H and O–H groups in total. The van der Waals surface area contributed by atoms with E-state index in [1.165, 1.54) is 22.5 Å². The SMILES string of the molecule is COc1ccc([C@H](CC(C)C)NC(=O)c2cc(S(=O)(=O)N3CCOCC3)ccc2Cl)cc1. The van der Waals surface area contributed by atoms with Crippen molar-refractivity contribution in [3.63, 3.8) is 0 Å². The fourth-order valence-corrected chi connectivity index (χ4v) is 5.23. The molecule has 7 nitrogen and oxygen atoms in total. The molecule has 2 aromatic carbocycles.